The summed E-state index contributed by atoms with van der Waals surface area (Å²) in [5.41, 5.74) is 5.16. The Labute approximate surface area is 127 Å². The predicted molar refractivity (Wildman–Crippen MR) is 75.4 cm³/mol. The summed E-state index contributed by atoms with van der Waals surface area (Å²) < 4.78 is 56.9. The molecule has 23 heavy (non-hydrogen) atoms. The van der Waals surface area contributed by atoms with Gasteiger partial charge in [0, 0.05) is 0 Å². The number of nitrogens with two attached hydrogens (primary N) is 1. The van der Waals surface area contributed by atoms with Crippen LogP contribution in [0.4, 0.5) is 23.2 Å². The summed E-state index contributed by atoms with van der Waals surface area (Å²) in [5.74, 6) is -1.54. The summed E-state index contributed by atoms with van der Waals surface area (Å²) in [4.78, 5) is 7.89. The molecule has 0 unspecified atom stereocenters. The highest BCUT2D eigenvalue weighted by atomic mass is 19.4. The normalized spacial score (nSPS) is 11.7. The average molecular weight is 323 g/mol. The topological polar surface area (TPSA) is 61.0 Å². The molecule has 0 bridgehead atoms. The molecule has 2 N–H and O–H groups in total. The average Bonchev–Trinajstić information content (AvgIpc) is 2.49. The van der Waals surface area contributed by atoms with E-state index >= 15 is 0 Å². The summed E-state index contributed by atoms with van der Waals surface area (Å²) in [5, 5.41) is 0.436. The number of alkyl halides is 3. The van der Waals surface area contributed by atoms with E-state index in [0.717, 1.165) is 6.07 Å². The van der Waals surface area contributed by atoms with Crippen molar-refractivity contribution in [2.45, 2.75) is 6.18 Å². The van der Waals surface area contributed by atoms with Crippen molar-refractivity contribution in [1.29, 1.82) is 0 Å². The molecule has 0 aliphatic carbocycles. The zero-order valence-electron chi connectivity index (χ0n) is 11.4. The van der Waals surface area contributed by atoms with Crippen molar-refractivity contribution < 1.29 is 22.3 Å². The van der Waals surface area contributed by atoms with E-state index in [9.17, 15) is 17.6 Å². The lowest BCUT2D eigenvalue weighted by molar-refractivity contribution is -0.140. The summed E-state index contributed by atoms with van der Waals surface area (Å²) in [6.45, 7) is 0. The molecule has 8 heteroatoms. The van der Waals surface area contributed by atoms with Crippen molar-refractivity contribution >= 4 is 16.6 Å². The Bertz CT molecular complexity index is 880. The van der Waals surface area contributed by atoms with Gasteiger partial charge < -0.3 is 10.5 Å². The summed E-state index contributed by atoms with van der Waals surface area (Å²) in [6, 6.07) is 7.24. The number of para-hydroxylation sites is 1. The molecule has 0 aliphatic heterocycles. The minimum atomic E-state index is -4.82. The van der Waals surface area contributed by atoms with Crippen LogP contribution in [0.5, 0.6) is 11.6 Å². The molecule has 0 amide bonds. The van der Waals surface area contributed by atoms with E-state index in [2.05, 4.69) is 9.97 Å². The van der Waals surface area contributed by atoms with Gasteiger partial charge in [0.05, 0.1) is 16.6 Å². The van der Waals surface area contributed by atoms with Gasteiger partial charge in [0.15, 0.2) is 0 Å². The van der Waals surface area contributed by atoms with E-state index in [-0.39, 0.29) is 11.6 Å². The Morgan fingerprint density at radius 2 is 1.83 bits per heavy atom. The Morgan fingerprint density at radius 3 is 2.57 bits per heavy atom. The molecule has 0 radical (unpaired) electrons. The highest BCUT2D eigenvalue weighted by Gasteiger charge is 2.34. The van der Waals surface area contributed by atoms with Crippen LogP contribution in [-0.4, -0.2) is 9.97 Å². The molecule has 0 atom stereocenters. The van der Waals surface area contributed by atoms with Crippen molar-refractivity contribution in [3.05, 3.63) is 54.1 Å². The maximum atomic E-state index is 13.3. The number of nitrogen functional groups attached to an aromatic ring is 1. The van der Waals surface area contributed by atoms with Crippen LogP contribution in [-0.2, 0) is 6.18 Å². The molecule has 1 heterocycles. The molecule has 1 aromatic heterocycles. The number of benzene rings is 2. The third kappa shape index (κ3) is 2.87. The van der Waals surface area contributed by atoms with E-state index in [1.165, 1.54) is 6.33 Å². The predicted octanol–water partition coefficient (Wildman–Crippen LogP) is 4.16. The third-order valence-corrected chi connectivity index (χ3v) is 3.12. The number of aromatic nitrogens is 2. The second kappa shape index (κ2) is 5.38. The van der Waals surface area contributed by atoms with E-state index in [1.54, 1.807) is 18.2 Å². The van der Waals surface area contributed by atoms with Gasteiger partial charge in [0.2, 0.25) is 5.88 Å². The number of halogens is 4. The first kappa shape index (κ1) is 15.0. The molecule has 0 saturated carbocycles. The number of rotatable bonds is 2. The Hall–Kier alpha value is -2.90. The third-order valence-electron chi connectivity index (χ3n) is 3.12. The largest absolute Gasteiger partial charge is 0.438 e. The van der Waals surface area contributed by atoms with Gasteiger partial charge in [0.25, 0.3) is 0 Å². The minimum absolute atomic E-state index is 0.0297. The smallest absolute Gasteiger partial charge is 0.419 e. The molecular formula is C15H9F4N3O. The molecule has 0 spiro atoms. The van der Waals surface area contributed by atoms with Crippen LogP contribution in [0.2, 0.25) is 0 Å². The van der Waals surface area contributed by atoms with Crippen LogP contribution >= 0.6 is 0 Å². The van der Waals surface area contributed by atoms with Crippen molar-refractivity contribution in [2.24, 2.45) is 0 Å². The zero-order chi connectivity index (χ0) is 16.6. The first-order valence-electron chi connectivity index (χ1n) is 6.40. The second-order valence-electron chi connectivity index (χ2n) is 4.66. The molecule has 4 nitrogen and oxygen atoms in total. The number of anilines is 1. The fourth-order valence-corrected chi connectivity index (χ4v) is 2.06. The maximum Gasteiger partial charge on any atom is 0.419 e. The molecule has 3 aromatic rings. The van der Waals surface area contributed by atoms with Gasteiger partial charge in [0.1, 0.15) is 23.4 Å². The van der Waals surface area contributed by atoms with Gasteiger partial charge in [-0.1, -0.05) is 6.07 Å². The second-order valence-corrected chi connectivity index (χ2v) is 4.66. The molecule has 3 rings (SSSR count). The minimum Gasteiger partial charge on any atom is -0.438 e. The van der Waals surface area contributed by atoms with Crippen LogP contribution in [0.25, 0.3) is 10.9 Å². The van der Waals surface area contributed by atoms with E-state index in [4.69, 9.17) is 10.5 Å². The number of hydrogen-bond acceptors (Lipinski definition) is 4. The van der Waals surface area contributed by atoms with Gasteiger partial charge in [-0.25, -0.2) is 14.4 Å². The lowest BCUT2D eigenvalue weighted by atomic mass is 10.2. The van der Waals surface area contributed by atoms with Gasteiger partial charge in [-0.05, 0) is 30.3 Å². The van der Waals surface area contributed by atoms with Crippen molar-refractivity contribution in [3.8, 4) is 11.6 Å². The monoisotopic (exact) mass is 323 g/mol. The fraction of sp³-hybridized carbons (Fsp3) is 0.0667. The summed E-state index contributed by atoms with van der Waals surface area (Å²) >= 11 is 0. The zero-order valence-corrected chi connectivity index (χ0v) is 11.4. The molecule has 0 saturated heterocycles. The van der Waals surface area contributed by atoms with E-state index in [1.807, 2.05) is 0 Å². The number of fused-ring (bicyclic) bond motifs is 1. The maximum absolute atomic E-state index is 13.3. The quantitative estimate of drug-likeness (QED) is 0.568. The van der Waals surface area contributed by atoms with Crippen LogP contribution in [0.1, 0.15) is 5.56 Å². The first-order chi connectivity index (χ1) is 10.9. The van der Waals surface area contributed by atoms with Gasteiger partial charge in [-0.2, -0.15) is 13.2 Å². The Kier molecular flexibility index (Phi) is 3.51. The Morgan fingerprint density at radius 1 is 1.04 bits per heavy atom. The molecule has 118 valence electrons. The van der Waals surface area contributed by atoms with Crippen LogP contribution < -0.4 is 10.5 Å². The highest BCUT2D eigenvalue weighted by molar-refractivity contribution is 5.92. The molecule has 0 aliphatic rings. The number of nitrogens with zero attached hydrogens (tertiary/aromatic N) is 2. The van der Waals surface area contributed by atoms with Crippen LogP contribution in [0, 0.1) is 5.82 Å². The van der Waals surface area contributed by atoms with Gasteiger partial charge in [-0.15, -0.1) is 0 Å². The van der Waals surface area contributed by atoms with Crippen molar-refractivity contribution in [3.63, 3.8) is 0 Å². The van der Waals surface area contributed by atoms with Crippen LogP contribution in [0.15, 0.2) is 42.7 Å². The molecule has 0 fully saturated rings. The lowest BCUT2D eigenvalue weighted by Crippen LogP contribution is -2.08. The van der Waals surface area contributed by atoms with E-state index < -0.39 is 17.6 Å². The summed E-state index contributed by atoms with van der Waals surface area (Å²) in [7, 11) is 0. The molecule has 2 aromatic carbocycles. The standard InChI is InChI=1S/C15H9F4N3O/c16-11-5-4-8(6-10(11)15(17,18)19)23-14-9-2-1-3-12(20)13(9)21-7-22-14/h1-7H,20H2. The Balaban J connectivity index is 2.05. The van der Waals surface area contributed by atoms with Crippen LogP contribution in [0.3, 0.4) is 0 Å². The summed E-state index contributed by atoms with van der Waals surface area (Å²) in [6.07, 6.45) is -3.64. The SMILES string of the molecule is Nc1cccc2c(Oc3ccc(F)c(C(F)(F)F)c3)ncnc12. The number of hydrogen-bond donors (Lipinski definition) is 1. The lowest BCUT2D eigenvalue weighted by Gasteiger charge is -2.11. The highest BCUT2D eigenvalue weighted by Crippen LogP contribution is 2.35. The van der Waals surface area contributed by atoms with E-state index in [0.29, 0.717) is 28.7 Å². The van der Waals surface area contributed by atoms with Gasteiger partial charge in [-0.3, -0.25) is 0 Å². The van der Waals surface area contributed by atoms with Gasteiger partial charge >= 0.3 is 6.18 Å². The number of ether oxygens (including phenoxy) is 1. The van der Waals surface area contributed by atoms with Crippen molar-refractivity contribution in [2.75, 3.05) is 5.73 Å². The van der Waals surface area contributed by atoms with Crippen molar-refractivity contribution in [1.82, 2.24) is 9.97 Å². The molecular weight excluding hydrogens is 314 g/mol. The first-order valence-corrected chi connectivity index (χ1v) is 6.40. The fourth-order valence-electron chi connectivity index (χ4n) is 2.06.